The first-order chi connectivity index (χ1) is 7.19. The average molecular weight is 228 g/mol. The van der Waals surface area contributed by atoms with E-state index in [9.17, 15) is 5.11 Å². The lowest BCUT2D eigenvalue weighted by Crippen LogP contribution is -2.19. The number of hydrogen-bond acceptors (Lipinski definition) is 4. The fourth-order valence-electron chi connectivity index (χ4n) is 1.23. The number of aromatic nitrogens is 3. The van der Waals surface area contributed by atoms with Gasteiger partial charge in [-0.3, -0.25) is 0 Å². The highest BCUT2D eigenvalue weighted by Gasteiger charge is 2.07. The summed E-state index contributed by atoms with van der Waals surface area (Å²) < 4.78 is 4.70. The second-order valence-corrected chi connectivity index (χ2v) is 3.51. The topological polar surface area (TPSA) is 60.2 Å². The molecular weight excluding hydrogens is 218 g/mol. The Hall–Kier alpha value is -1.17. The van der Waals surface area contributed by atoms with Crippen LogP contribution >= 0.6 is 11.6 Å². The van der Waals surface area contributed by atoms with Crippen molar-refractivity contribution in [3.63, 3.8) is 0 Å². The molecule has 15 heavy (non-hydrogen) atoms. The second-order valence-electron chi connectivity index (χ2n) is 3.08. The van der Waals surface area contributed by atoms with Gasteiger partial charge in [-0.25, -0.2) is 0 Å². The third-order valence-corrected chi connectivity index (χ3v) is 2.21. The lowest BCUT2D eigenvalue weighted by Gasteiger charge is -2.05. The fourth-order valence-corrected chi connectivity index (χ4v) is 1.39. The van der Waals surface area contributed by atoms with Gasteiger partial charge in [-0.2, -0.15) is 15.0 Å². The van der Waals surface area contributed by atoms with Crippen LogP contribution in [0.15, 0.2) is 18.2 Å². The molecule has 1 aromatic carbocycles. The van der Waals surface area contributed by atoms with Crippen LogP contribution in [-0.4, -0.2) is 33.5 Å². The normalized spacial score (nSPS) is 13.3. The summed E-state index contributed by atoms with van der Waals surface area (Å²) in [5.41, 5.74) is 1.44. The minimum atomic E-state index is -0.901. The van der Waals surface area contributed by atoms with Crippen LogP contribution in [0.5, 0.6) is 0 Å². The Morgan fingerprint density at radius 1 is 1.47 bits per heavy atom. The zero-order valence-electron chi connectivity index (χ0n) is 8.09. The van der Waals surface area contributed by atoms with Crippen LogP contribution in [-0.2, 0) is 11.3 Å². The first-order valence-electron chi connectivity index (χ1n) is 4.40. The summed E-state index contributed by atoms with van der Waals surface area (Å²) in [5.74, 6) is 0. The van der Waals surface area contributed by atoms with Crippen LogP contribution in [0.1, 0.15) is 0 Å². The van der Waals surface area contributed by atoms with Crippen molar-refractivity contribution < 1.29 is 9.84 Å². The summed E-state index contributed by atoms with van der Waals surface area (Å²) in [4.78, 5) is 1.38. The molecule has 0 saturated heterocycles. The smallest absolute Gasteiger partial charge is 0.175 e. The summed E-state index contributed by atoms with van der Waals surface area (Å²) in [6.07, 6.45) is -0.901. The lowest BCUT2D eigenvalue weighted by atomic mass is 10.3. The maximum atomic E-state index is 9.24. The Morgan fingerprint density at radius 2 is 2.20 bits per heavy atom. The molecule has 0 fully saturated rings. The zero-order valence-corrected chi connectivity index (χ0v) is 8.85. The maximum absolute atomic E-state index is 9.24. The third kappa shape index (κ3) is 2.26. The molecule has 1 atom stereocenters. The molecule has 2 rings (SSSR count). The quantitative estimate of drug-likeness (QED) is 0.797. The van der Waals surface area contributed by atoms with Gasteiger partial charge in [0.25, 0.3) is 0 Å². The molecule has 0 aliphatic rings. The van der Waals surface area contributed by atoms with Crippen LogP contribution in [0.2, 0.25) is 5.02 Å². The Labute approximate surface area is 91.2 Å². The number of benzene rings is 1. The molecule has 0 saturated carbocycles. The van der Waals surface area contributed by atoms with Crippen molar-refractivity contribution in [3.8, 4) is 0 Å². The minimum Gasteiger partial charge on any atom is -0.366 e. The van der Waals surface area contributed by atoms with Gasteiger partial charge in [-0.05, 0) is 18.2 Å². The third-order valence-electron chi connectivity index (χ3n) is 1.98. The van der Waals surface area contributed by atoms with Crippen molar-refractivity contribution in [2.24, 2.45) is 0 Å². The van der Waals surface area contributed by atoms with E-state index in [0.29, 0.717) is 10.5 Å². The molecule has 0 aliphatic heterocycles. The van der Waals surface area contributed by atoms with Gasteiger partial charge in [0.05, 0.1) is 0 Å². The molecule has 0 aliphatic carbocycles. The molecule has 0 radical (unpaired) electrons. The highest BCUT2D eigenvalue weighted by Crippen LogP contribution is 2.15. The molecule has 1 aromatic heterocycles. The van der Waals surface area contributed by atoms with Gasteiger partial charge in [0, 0.05) is 12.1 Å². The highest BCUT2D eigenvalue weighted by atomic mass is 35.5. The van der Waals surface area contributed by atoms with Crippen molar-refractivity contribution in [2.75, 3.05) is 7.11 Å². The standard InChI is InChI=1S/C9H10ClN3O2/c1-15-9(14)5-13-11-7-3-2-6(10)4-8(7)12-13/h2-4,9,14H,5H2,1H3. The molecule has 0 spiro atoms. The van der Waals surface area contributed by atoms with Gasteiger partial charge in [-0.1, -0.05) is 11.6 Å². The minimum absolute atomic E-state index is 0.197. The first-order valence-corrected chi connectivity index (χ1v) is 4.78. The summed E-state index contributed by atoms with van der Waals surface area (Å²) >= 11 is 5.81. The largest absolute Gasteiger partial charge is 0.366 e. The fraction of sp³-hybridized carbons (Fsp3) is 0.333. The number of nitrogens with zero attached hydrogens (tertiary/aromatic N) is 3. The molecule has 1 unspecified atom stereocenters. The molecule has 1 N–H and O–H groups in total. The van der Waals surface area contributed by atoms with Gasteiger partial charge in [0.1, 0.15) is 17.6 Å². The Kier molecular flexibility index (Phi) is 2.86. The predicted octanol–water partition coefficient (Wildman–Crippen LogP) is 1.05. The van der Waals surface area contributed by atoms with Crippen molar-refractivity contribution in [1.29, 1.82) is 0 Å². The number of aliphatic hydroxyl groups excluding tert-OH is 1. The van der Waals surface area contributed by atoms with E-state index in [0.717, 1.165) is 5.52 Å². The maximum Gasteiger partial charge on any atom is 0.175 e. The first kappa shape index (κ1) is 10.4. The van der Waals surface area contributed by atoms with E-state index in [4.69, 9.17) is 16.3 Å². The van der Waals surface area contributed by atoms with Gasteiger partial charge >= 0.3 is 0 Å². The summed E-state index contributed by atoms with van der Waals surface area (Å²) in [6.45, 7) is 0.197. The molecule has 80 valence electrons. The van der Waals surface area contributed by atoms with Crippen LogP contribution in [0.4, 0.5) is 0 Å². The highest BCUT2D eigenvalue weighted by molar-refractivity contribution is 6.31. The van der Waals surface area contributed by atoms with E-state index in [1.807, 2.05) is 0 Å². The van der Waals surface area contributed by atoms with Crippen LogP contribution in [0, 0.1) is 0 Å². The van der Waals surface area contributed by atoms with Gasteiger partial charge in [0.15, 0.2) is 6.29 Å². The number of methoxy groups -OCH3 is 1. The van der Waals surface area contributed by atoms with Crippen molar-refractivity contribution in [3.05, 3.63) is 23.2 Å². The van der Waals surface area contributed by atoms with E-state index >= 15 is 0 Å². The number of ether oxygens (including phenoxy) is 1. The van der Waals surface area contributed by atoms with Crippen molar-refractivity contribution in [2.45, 2.75) is 12.8 Å². The van der Waals surface area contributed by atoms with E-state index in [-0.39, 0.29) is 6.54 Å². The summed E-state index contributed by atoms with van der Waals surface area (Å²) in [7, 11) is 1.42. The van der Waals surface area contributed by atoms with E-state index in [2.05, 4.69) is 10.2 Å². The van der Waals surface area contributed by atoms with Crippen LogP contribution < -0.4 is 0 Å². The average Bonchev–Trinajstić information content (AvgIpc) is 2.59. The van der Waals surface area contributed by atoms with E-state index in [1.54, 1.807) is 18.2 Å². The zero-order chi connectivity index (χ0) is 10.8. The molecule has 1 heterocycles. The molecule has 2 aromatic rings. The van der Waals surface area contributed by atoms with E-state index in [1.165, 1.54) is 11.9 Å². The van der Waals surface area contributed by atoms with Gasteiger partial charge in [-0.15, -0.1) is 0 Å². The molecular formula is C9H10ClN3O2. The van der Waals surface area contributed by atoms with E-state index < -0.39 is 6.29 Å². The summed E-state index contributed by atoms with van der Waals surface area (Å²) in [6, 6.07) is 5.25. The number of hydrogen-bond donors (Lipinski definition) is 1. The molecule has 6 heteroatoms. The summed E-state index contributed by atoms with van der Waals surface area (Å²) in [5, 5.41) is 18.1. The second kappa shape index (κ2) is 4.14. The SMILES string of the molecule is COC(O)Cn1nc2ccc(Cl)cc2n1. The van der Waals surface area contributed by atoms with Crippen LogP contribution in [0.25, 0.3) is 11.0 Å². The molecule has 5 nitrogen and oxygen atoms in total. The molecule has 0 bridgehead atoms. The Balaban J connectivity index is 2.30. The molecule has 0 amide bonds. The Morgan fingerprint density at radius 3 is 2.93 bits per heavy atom. The van der Waals surface area contributed by atoms with Crippen molar-refractivity contribution >= 4 is 22.6 Å². The number of rotatable bonds is 3. The predicted molar refractivity (Wildman–Crippen MR) is 55.6 cm³/mol. The van der Waals surface area contributed by atoms with Gasteiger partial charge < -0.3 is 9.84 Å². The lowest BCUT2D eigenvalue weighted by molar-refractivity contribution is -0.0872. The number of aliphatic hydroxyl groups is 1. The number of fused-ring (bicyclic) bond motifs is 1. The van der Waals surface area contributed by atoms with Crippen molar-refractivity contribution in [1.82, 2.24) is 15.0 Å². The van der Waals surface area contributed by atoms with Crippen LogP contribution in [0.3, 0.4) is 0 Å². The Bertz CT molecular complexity index is 471. The monoisotopic (exact) mass is 227 g/mol. The number of halogens is 1. The van der Waals surface area contributed by atoms with Gasteiger partial charge in [0.2, 0.25) is 0 Å².